The standard InChI is InChI=1S/C36H44NO9Si/c1-34(2,3)32(46-47(25-14-10-8-11-15-25)26-16-12-9-13-17-26)31-30(44-35(4,39-6)36(5,40-7)45-31)29-23-37(33(38)43-29)24-18-19-27-28(22-24)42-21-20-41-27/h8-19,22,29-32H,20-21,23H2,1-7H3/t29-,30-,31-,32?,35+,36+/m0/s1. The molecule has 1 unspecified atom stereocenters. The number of nitrogens with zero attached hydrogens (tertiary/aromatic N) is 1. The lowest BCUT2D eigenvalue weighted by Gasteiger charge is -2.55. The van der Waals surface area contributed by atoms with Gasteiger partial charge in [-0.05, 0) is 41.8 Å². The second kappa shape index (κ2) is 13.2. The molecule has 0 bridgehead atoms. The van der Waals surface area contributed by atoms with E-state index in [0.717, 1.165) is 10.4 Å². The van der Waals surface area contributed by atoms with Crippen molar-refractivity contribution in [1.82, 2.24) is 0 Å². The van der Waals surface area contributed by atoms with Gasteiger partial charge in [-0.15, -0.1) is 0 Å². The van der Waals surface area contributed by atoms with Gasteiger partial charge in [-0.2, -0.15) is 0 Å². The minimum atomic E-state index is -1.78. The number of anilines is 1. The molecule has 0 saturated carbocycles. The van der Waals surface area contributed by atoms with Crippen LogP contribution in [-0.4, -0.2) is 85.1 Å². The number of hydrogen-bond acceptors (Lipinski definition) is 9. The SMILES string of the molecule is CO[C@]1(C)O[C@@H]([C@@H]2CN(c3ccc4c(c3)OCCO4)C(=O)O2)[C@@H](C(O[Si](c2ccccc2)c2ccccc2)C(C)(C)C)O[C@@]1(C)OC. The van der Waals surface area contributed by atoms with E-state index in [0.29, 0.717) is 30.4 Å². The van der Waals surface area contributed by atoms with Gasteiger partial charge >= 0.3 is 6.09 Å². The third-order valence-electron chi connectivity index (χ3n) is 9.16. The topological polar surface area (TPSA) is 94.2 Å². The maximum Gasteiger partial charge on any atom is 0.414 e. The van der Waals surface area contributed by atoms with Crippen LogP contribution in [-0.2, 0) is 28.1 Å². The van der Waals surface area contributed by atoms with E-state index in [1.54, 1.807) is 45.1 Å². The van der Waals surface area contributed by atoms with Gasteiger partial charge in [0, 0.05) is 20.3 Å². The Labute approximate surface area is 278 Å². The van der Waals surface area contributed by atoms with Gasteiger partial charge in [0.1, 0.15) is 25.4 Å². The van der Waals surface area contributed by atoms with E-state index in [4.69, 9.17) is 37.6 Å². The van der Waals surface area contributed by atoms with E-state index < -0.39 is 56.5 Å². The maximum atomic E-state index is 13.5. The van der Waals surface area contributed by atoms with Crippen LogP contribution >= 0.6 is 0 Å². The first-order valence-electron chi connectivity index (χ1n) is 15.9. The first-order valence-corrected chi connectivity index (χ1v) is 17.4. The summed E-state index contributed by atoms with van der Waals surface area (Å²) in [5.74, 6) is -1.43. The Morgan fingerprint density at radius 3 is 1.98 bits per heavy atom. The van der Waals surface area contributed by atoms with Crippen LogP contribution in [0, 0.1) is 5.41 Å². The Morgan fingerprint density at radius 2 is 1.40 bits per heavy atom. The number of benzene rings is 3. The van der Waals surface area contributed by atoms with Gasteiger partial charge in [0.25, 0.3) is 9.04 Å². The number of carbonyl (C=O) groups is 1. The zero-order chi connectivity index (χ0) is 33.4. The fourth-order valence-corrected chi connectivity index (χ4v) is 8.61. The molecule has 3 aromatic rings. The van der Waals surface area contributed by atoms with E-state index >= 15 is 0 Å². The quantitative estimate of drug-likeness (QED) is 0.307. The normalized spacial score (nSPS) is 28.3. The van der Waals surface area contributed by atoms with Crippen LogP contribution in [0.25, 0.3) is 0 Å². The monoisotopic (exact) mass is 662 g/mol. The summed E-state index contributed by atoms with van der Waals surface area (Å²) < 4.78 is 50.5. The van der Waals surface area contributed by atoms with Gasteiger partial charge in [-0.3, -0.25) is 4.90 Å². The van der Waals surface area contributed by atoms with Crippen molar-refractivity contribution in [2.24, 2.45) is 5.41 Å². The number of hydrogen-bond donors (Lipinski definition) is 0. The molecule has 0 N–H and O–H groups in total. The van der Waals surface area contributed by atoms with Crippen molar-refractivity contribution in [3.63, 3.8) is 0 Å². The molecule has 6 rings (SSSR count). The lowest BCUT2D eigenvalue weighted by atomic mass is 9.82. The van der Waals surface area contributed by atoms with Crippen LogP contribution in [0.2, 0.25) is 0 Å². The maximum absolute atomic E-state index is 13.5. The third-order valence-corrected chi connectivity index (χ3v) is 11.4. The minimum Gasteiger partial charge on any atom is -0.486 e. The molecule has 1 radical (unpaired) electrons. The van der Waals surface area contributed by atoms with Crippen LogP contribution in [0.5, 0.6) is 11.5 Å². The number of carbonyl (C=O) groups excluding carboxylic acids is 1. The highest BCUT2D eigenvalue weighted by Gasteiger charge is 2.62. The van der Waals surface area contributed by atoms with Gasteiger partial charge in [-0.1, -0.05) is 81.4 Å². The van der Waals surface area contributed by atoms with E-state index in [2.05, 4.69) is 45.0 Å². The highest BCUT2D eigenvalue weighted by Crippen LogP contribution is 2.45. The van der Waals surface area contributed by atoms with Crippen molar-refractivity contribution in [1.29, 1.82) is 0 Å². The molecule has 3 heterocycles. The smallest absolute Gasteiger partial charge is 0.414 e. The van der Waals surface area contributed by atoms with E-state index in [1.807, 2.05) is 42.5 Å². The van der Waals surface area contributed by atoms with E-state index in [-0.39, 0.29) is 6.54 Å². The molecule has 47 heavy (non-hydrogen) atoms. The highest BCUT2D eigenvalue weighted by atomic mass is 28.3. The fraction of sp³-hybridized carbons (Fsp3) is 0.472. The molecule has 0 spiro atoms. The second-order valence-corrected chi connectivity index (χ2v) is 15.3. The Kier molecular flexibility index (Phi) is 9.40. The molecular formula is C36H44NO9Si. The molecule has 0 aliphatic carbocycles. The molecule has 3 aromatic carbocycles. The Balaban J connectivity index is 1.38. The van der Waals surface area contributed by atoms with Gasteiger partial charge in [-0.25, -0.2) is 4.79 Å². The number of amides is 1. The summed E-state index contributed by atoms with van der Waals surface area (Å²) in [5, 5.41) is 2.19. The summed E-state index contributed by atoms with van der Waals surface area (Å²) in [6.45, 7) is 11.0. The minimum absolute atomic E-state index is 0.207. The number of methoxy groups -OCH3 is 2. The highest BCUT2D eigenvalue weighted by molar-refractivity contribution is 6.80. The first-order chi connectivity index (χ1) is 22.5. The van der Waals surface area contributed by atoms with Crippen molar-refractivity contribution in [3.05, 3.63) is 78.9 Å². The lowest BCUT2D eigenvalue weighted by molar-refractivity contribution is -0.460. The molecular weight excluding hydrogens is 618 g/mol. The molecule has 2 saturated heterocycles. The van der Waals surface area contributed by atoms with Crippen LogP contribution in [0.4, 0.5) is 10.5 Å². The molecule has 3 aliphatic heterocycles. The number of ether oxygens (including phenoxy) is 7. The fourth-order valence-electron chi connectivity index (χ4n) is 6.27. The largest absolute Gasteiger partial charge is 0.486 e. The van der Waals surface area contributed by atoms with Crippen molar-refractivity contribution in [3.8, 4) is 11.5 Å². The van der Waals surface area contributed by atoms with Crippen molar-refractivity contribution in [2.45, 2.75) is 70.6 Å². The van der Waals surface area contributed by atoms with Gasteiger partial charge in [0.05, 0.1) is 18.3 Å². The molecule has 11 heteroatoms. The predicted octanol–water partition coefficient (Wildman–Crippen LogP) is 4.53. The average molecular weight is 663 g/mol. The van der Waals surface area contributed by atoms with Crippen LogP contribution in [0.3, 0.4) is 0 Å². The first kappa shape index (κ1) is 33.4. The van der Waals surface area contributed by atoms with Crippen LogP contribution < -0.4 is 24.7 Å². The summed E-state index contributed by atoms with van der Waals surface area (Å²) in [6, 6.07) is 25.9. The summed E-state index contributed by atoms with van der Waals surface area (Å²) in [7, 11) is 1.33. The van der Waals surface area contributed by atoms with Gasteiger partial charge < -0.3 is 37.6 Å². The van der Waals surface area contributed by atoms with Crippen LogP contribution in [0.1, 0.15) is 34.6 Å². The Bertz CT molecular complexity index is 1500. The zero-order valence-corrected chi connectivity index (χ0v) is 29.1. The van der Waals surface area contributed by atoms with Crippen molar-refractivity contribution < 1.29 is 42.4 Å². The Hall–Kier alpha value is -3.45. The Morgan fingerprint density at radius 1 is 0.830 bits per heavy atom. The van der Waals surface area contributed by atoms with Gasteiger partial charge in [0.15, 0.2) is 17.6 Å². The summed E-state index contributed by atoms with van der Waals surface area (Å²) in [5.41, 5.74) is 0.188. The van der Waals surface area contributed by atoms with Gasteiger partial charge in [0.2, 0.25) is 11.6 Å². The molecule has 10 nitrogen and oxygen atoms in total. The molecule has 2 fully saturated rings. The van der Waals surface area contributed by atoms with Crippen molar-refractivity contribution in [2.75, 3.05) is 38.9 Å². The van der Waals surface area contributed by atoms with Crippen molar-refractivity contribution >= 4 is 31.2 Å². The summed E-state index contributed by atoms with van der Waals surface area (Å²) >= 11 is 0. The molecule has 1 amide bonds. The van der Waals surface area contributed by atoms with E-state index in [1.165, 1.54) is 0 Å². The molecule has 251 valence electrons. The predicted molar refractivity (Wildman–Crippen MR) is 178 cm³/mol. The van der Waals surface area contributed by atoms with E-state index in [9.17, 15) is 4.79 Å². The number of fused-ring (bicyclic) bond motifs is 1. The lowest BCUT2D eigenvalue weighted by Crippen LogP contribution is -2.71. The summed E-state index contributed by atoms with van der Waals surface area (Å²) in [4.78, 5) is 15.1. The average Bonchev–Trinajstić information content (AvgIpc) is 3.47. The molecule has 0 aromatic heterocycles. The number of rotatable bonds is 9. The summed E-state index contributed by atoms with van der Waals surface area (Å²) in [6.07, 6.45) is -3.27. The third kappa shape index (κ3) is 6.52. The molecule has 3 aliphatic rings. The van der Waals surface area contributed by atoms with Crippen LogP contribution in [0.15, 0.2) is 78.9 Å². The number of cyclic esters (lactones) is 1. The molecule has 6 atom stereocenters. The zero-order valence-electron chi connectivity index (χ0n) is 28.1. The second-order valence-electron chi connectivity index (χ2n) is 13.3.